The third-order valence-corrected chi connectivity index (χ3v) is 5.95. The van der Waals surface area contributed by atoms with E-state index in [0.717, 1.165) is 23.4 Å². The molecular formula is C22H21N5O4S. The van der Waals surface area contributed by atoms with E-state index in [1.807, 2.05) is 18.2 Å². The number of nitro benzene ring substituents is 2. The normalized spacial score (nSPS) is 22.1. The molecule has 1 N–H and O–H groups in total. The lowest BCUT2D eigenvalue weighted by molar-refractivity contribution is -0.385. The first-order valence-electron chi connectivity index (χ1n) is 10.2. The fourth-order valence-electron chi connectivity index (χ4n) is 4.22. The number of aliphatic imine (C=N–C) groups is 1. The topological polar surface area (TPSA) is 114 Å². The maximum Gasteiger partial charge on any atom is 0.270 e. The van der Waals surface area contributed by atoms with E-state index in [4.69, 9.17) is 12.2 Å². The Bertz CT molecular complexity index is 1160. The Kier molecular flexibility index (Phi) is 6.06. The lowest BCUT2D eigenvalue weighted by atomic mass is 9.81. The van der Waals surface area contributed by atoms with Crippen molar-refractivity contribution in [3.8, 4) is 0 Å². The van der Waals surface area contributed by atoms with E-state index in [-0.39, 0.29) is 23.3 Å². The van der Waals surface area contributed by atoms with Crippen molar-refractivity contribution in [1.82, 2.24) is 10.2 Å². The molecule has 10 heteroatoms. The Morgan fingerprint density at radius 2 is 1.84 bits per heavy atom. The van der Waals surface area contributed by atoms with Crippen molar-refractivity contribution in [2.24, 2.45) is 10.9 Å². The molecule has 0 bridgehead atoms. The number of hydrogen-bond acceptors (Lipinski definition) is 6. The first-order chi connectivity index (χ1) is 15.4. The fourth-order valence-corrected chi connectivity index (χ4v) is 4.45. The van der Waals surface area contributed by atoms with E-state index in [0.29, 0.717) is 23.8 Å². The quantitative estimate of drug-likeness (QED) is 0.416. The van der Waals surface area contributed by atoms with E-state index >= 15 is 0 Å². The standard InChI is InChI=1S/C22H21N5O4S/c1-2-25-12-16(9-14-5-3-7-17(10-14)26(28)29)21-19(13-25)20(23-22(32)24-21)15-6-4-8-18(11-15)27(30)31/h3-11,19-20H,2,12-13H2,1H3,(H,23,32)/b16-9+. The van der Waals surface area contributed by atoms with Crippen LogP contribution < -0.4 is 5.32 Å². The predicted molar refractivity (Wildman–Crippen MR) is 126 cm³/mol. The van der Waals surface area contributed by atoms with E-state index in [1.165, 1.54) is 18.2 Å². The minimum Gasteiger partial charge on any atom is -0.353 e. The number of piperidine rings is 1. The van der Waals surface area contributed by atoms with Crippen LogP contribution in [-0.4, -0.2) is 45.2 Å². The maximum absolute atomic E-state index is 11.3. The summed E-state index contributed by atoms with van der Waals surface area (Å²) in [6.45, 7) is 4.22. The lowest BCUT2D eigenvalue weighted by Crippen LogP contribution is -2.51. The molecule has 2 aliphatic heterocycles. The summed E-state index contributed by atoms with van der Waals surface area (Å²) in [6.07, 6.45) is 1.92. The molecular weight excluding hydrogens is 430 g/mol. The van der Waals surface area contributed by atoms with Crippen molar-refractivity contribution in [2.45, 2.75) is 13.0 Å². The molecule has 0 radical (unpaired) electrons. The molecule has 164 valence electrons. The van der Waals surface area contributed by atoms with Gasteiger partial charge < -0.3 is 5.32 Å². The molecule has 1 fully saturated rings. The van der Waals surface area contributed by atoms with E-state index < -0.39 is 9.85 Å². The zero-order valence-electron chi connectivity index (χ0n) is 17.3. The average Bonchev–Trinajstić information content (AvgIpc) is 2.79. The van der Waals surface area contributed by atoms with Gasteiger partial charge in [0.2, 0.25) is 0 Å². The predicted octanol–water partition coefficient (Wildman–Crippen LogP) is 3.91. The van der Waals surface area contributed by atoms with Crippen LogP contribution in [0.5, 0.6) is 0 Å². The van der Waals surface area contributed by atoms with Gasteiger partial charge in [0, 0.05) is 43.3 Å². The zero-order chi connectivity index (χ0) is 22.8. The van der Waals surface area contributed by atoms with Gasteiger partial charge in [-0.15, -0.1) is 0 Å². The number of nitrogens with one attached hydrogen (secondary N) is 1. The largest absolute Gasteiger partial charge is 0.353 e. The number of likely N-dealkylation sites (tertiary alicyclic amines) is 1. The molecule has 2 atom stereocenters. The Balaban J connectivity index is 1.76. The summed E-state index contributed by atoms with van der Waals surface area (Å²) in [4.78, 5) is 28.5. The van der Waals surface area contributed by atoms with Gasteiger partial charge in [-0.3, -0.25) is 25.1 Å². The summed E-state index contributed by atoms with van der Waals surface area (Å²) in [7, 11) is 0. The minimum atomic E-state index is -0.417. The molecule has 0 aliphatic carbocycles. The van der Waals surface area contributed by atoms with Gasteiger partial charge in [0.05, 0.1) is 21.6 Å². The maximum atomic E-state index is 11.3. The molecule has 2 aromatic rings. The molecule has 0 spiro atoms. The first-order valence-corrected chi connectivity index (χ1v) is 10.6. The third kappa shape index (κ3) is 4.41. The second-order valence-electron chi connectivity index (χ2n) is 7.73. The van der Waals surface area contributed by atoms with Gasteiger partial charge in [-0.2, -0.15) is 0 Å². The number of likely N-dealkylation sites (N-methyl/N-ethyl adjacent to an activating group) is 1. The molecule has 2 heterocycles. The molecule has 0 aromatic heterocycles. The average molecular weight is 452 g/mol. The van der Waals surface area contributed by atoms with Crippen LogP contribution in [0, 0.1) is 26.1 Å². The lowest BCUT2D eigenvalue weighted by Gasteiger charge is -2.42. The van der Waals surface area contributed by atoms with Crippen LogP contribution >= 0.6 is 12.2 Å². The molecule has 9 nitrogen and oxygen atoms in total. The first kappa shape index (κ1) is 21.7. The van der Waals surface area contributed by atoms with Crippen molar-refractivity contribution in [3.05, 3.63) is 85.5 Å². The van der Waals surface area contributed by atoms with Gasteiger partial charge in [0.15, 0.2) is 5.11 Å². The van der Waals surface area contributed by atoms with Gasteiger partial charge in [-0.1, -0.05) is 31.2 Å². The van der Waals surface area contributed by atoms with Crippen molar-refractivity contribution in [2.75, 3.05) is 19.6 Å². The summed E-state index contributed by atoms with van der Waals surface area (Å²) in [6, 6.07) is 12.8. The minimum absolute atomic E-state index is 0.0230. The second kappa shape index (κ2) is 8.93. The van der Waals surface area contributed by atoms with Gasteiger partial charge in [0.25, 0.3) is 11.4 Å². The number of thiocarbonyl (C=S) groups is 1. The second-order valence-corrected chi connectivity index (χ2v) is 8.12. The number of nitro groups is 2. The van der Waals surface area contributed by atoms with Crippen LogP contribution in [0.1, 0.15) is 24.1 Å². The van der Waals surface area contributed by atoms with Gasteiger partial charge in [0.1, 0.15) is 0 Å². The summed E-state index contributed by atoms with van der Waals surface area (Å²) >= 11 is 5.40. The highest BCUT2D eigenvalue weighted by Gasteiger charge is 2.38. The summed E-state index contributed by atoms with van der Waals surface area (Å²) in [5.41, 5.74) is 3.28. The number of fused-ring (bicyclic) bond motifs is 1. The molecule has 2 aromatic carbocycles. The van der Waals surface area contributed by atoms with Crippen molar-refractivity contribution in [3.63, 3.8) is 0 Å². The van der Waals surface area contributed by atoms with Crippen LogP contribution in [0.2, 0.25) is 0 Å². The highest BCUT2D eigenvalue weighted by atomic mass is 32.1. The summed E-state index contributed by atoms with van der Waals surface area (Å²) < 4.78 is 0. The Hall–Kier alpha value is -3.50. The Labute approximate surface area is 189 Å². The van der Waals surface area contributed by atoms with E-state index in [9.17, 15) is 20.2 Å². The Morgan fingerprint density at radius 3 is 2.53 bits per heavy atom. The summed E-state index contributed by atoms with van der Waals surface area (Å²) in [5, 5.41) is 26.0. The number of hydrogen-bond donors (Lipinski definition) is 1. The van der Waals surface area contributed by atoms with Gasteiger partial charge in [-0.25, -0.2) is 4.99 Å². The molecule has 0 amide bonds. The monoisotopic (exact) mass is 451 g/mol. The molecule has 1 saturated heterocycles. The van der Waals surface area contributed by atoms with Crippen LogP contribution in [-0.2, 0) is 0 Å². The Morgan fingerprint density at radius 1 is 1.16 bits per heavy atom. The molecule has 4 rings (SSSR count). The third-order valence-electron chi connectivity index (χ3n) is 5.74. The molecule has 0 saturated carbocycles. The number of nitrogens with zero attached hydrogens (tertiary/aromatic N) is 4. The van der Waals surface area contributed by atoms with Crippen LogP contribution in [0.4, 0.5) is 11.4 Å². The SMILES string of the molecule is CCN1C/C(=C\c2cccc([N+](=O)[O-])c2)C2=NC(=S)NC(c3cccc([N+](=O)[O-])c3)C2C1. The smallest absolute Gasteiger partial charge is 0.270 e. The van der Waals surface area contributed by atoms with Crippen molar-refractivity contribution >= 4 is 40.5 Å². The van der Waals surface area contributed by atoms with E-state index in [1.54, 1.807) is 18.2 Å². The van der Waals surface area contributed by atoms with Crippen LogP contribution in [0.25, 0.3) is 6.08 Å². The highest BCUT2D eigenvalue weighted by Crippen LogP contribution is 2.35. The number of non-ortho nitro benzene ring substituents is 2. The molecule has 2 aliphatic rings. The van der Waals surface area contributed by atoms with Crippen molar-refractivity contribution < 1.29 is 9.85 Å². The van der Waals surface area contributed by atoms with Gasteiger partial charge >= 0.3 is 0 Å². The van der Waals surface area contributed by atoms with Crippen molar-refractivity contribution in [1.29, 1.82) is 0 Å². The summed E-state index contributed by atoms with van der Waals surface area (Å²) in [5.74, 6) is -0.0812. The number of rotatable bonds is 5. The van der Waals surface area contributed by atoms with Crippen LogP contribution in [0.15, 0.2) is 59.1 Å². The van der Waals surface area contributed by atoms with Crippen LogP contribution in [0.3, 0.4) is 0 Å². The highest BCUT2D eigenvalue weighted by molar-refractivity contribution is 7.80. The van der Waals surface area contributed by atoms with Gasteiger partial charge in [-0.05, 0) is 41.5 Å². The number of benzene rings is 2. The molecule has 2 unspecified atom stereocenters. The van der Waals surface area contributed by atoms with E-state index in [2.05, 4.69) is 22.1 Å². The fraction of sp³-hybridized carbons (Fsp3) is 0.273. The molecule has 32 heavy (non-hydrogen) atoms. The zero-order valence-corrected chi connectivity index (χ0v) is 18.1.